The first kappa shape index (κ1) is 18.7. The number of carboxylic acids is 1. The van der Waals surface area contributed by atoms with Crippen LogP contribution in [0.15, 0.2) is 30.5 Å². The van der Waals surface area contributed by atoms with Crippen LogP contribution >= 0.6 is 0 Å². The Morgan fingerprint density at radius 1 is 1.00 bits per heavy atom. The highest BCUT2D eigenvalue weighted by Gasteiger charge is 2.30. The summed E-state index contributed by atoms with van der Waals surface area (Å²) in [7, 11) is 0. The maximum absolute atomic E-state index is 13.2. The van der Waals surface area contributed by atoms with Crippen LogP contribution in [-0.4, -0.2) is 45.2 Å². The van der Waals surface area contributed by atoms with Gasteiger partial charge in [0, 0.05) is 24.9 Å². The number of H-pyrrole nitrogens is 1. The summed E-state index contributed by atoms with van der Waals surface area (Å²) in [5, 5.41) is 16.4. The molecule has 2 aliphatic rings. The van der Waals surface area contributed by atoms with E-state index < -0.39 is 5.97 Å². The molecular formula is C22H27N3O3. The molecule has 148 valence electrons. The van der Waals surface area contributed by atoms with E-state index in [1.807, 2.05) is 17.0 Å². The number of aromatic nitrogens is 2. The van der Waals surface area contributed by atoms with Crippen LogP contribution in [0, 0.1) is 0 Å². The third-order valence-corrected chi connectivity index (χ3v) is 6.25. The summed E-state index contributed by atoms with van der Waals surface area (Å²) in [6, 6.07) is 7.06. The highest BCUT2D eigenvalue weighted by Crippen LogP contribution is 2.34. The molecule has 1 saturated carbocycles. The number of nitrogens with one attached hydrogen (secondary N) is 1. The molecule has 28 heavy (non-hydrogen) atoms. The number of likely N-dealkylation sites (tertiary alicyclic amines) is 1. The van der Waals surface area contributed by atoms with Gasteiger partial charge in [-0.05, 0) is 43.4 Å². The van der Waals surface area contributed by atoms with Crippen molar-refractivity contribution in [1.82, 2.24) is 15.1 Å². The molecule has 6 nitrogen and oxygen atoms in total. The van der Waals surface area contributed by atoms with Crippen LogP contribution < -0.4 is 0 Å². The summed E-state index contributed by atoms with van der Waals surface area (Å²) < 4.78 is 0. The lowest BCUT2D eigenvalue weighted by atomic mass is 9.85. The largest absolute Gasteiger partial charge is 0.478 e. The maximum atomic E-state index is 13.2. The van der Waals surface area contributed by atoms with Crippen molar-refractivity contribution in [3.05, 3.63) is 52.8 Å². The summed E-state index contributed by atoms with van der Waals surface area (Å²) in [5.74, 6) is -0.187. The third-order valence-electron chi connectivity index (χ3n) is 6.25. The smallest absolute Gasteiger partial charge is 0.335 e. The van der Waals surface area contributed by atoms with Gasteiger partial charge >= 0.3 is 5.97 Å². The van der Waals surface area contributed by atoms with Crippen molar-refractivity contribution < 1.29 is 14.7 Å². The molecule has 1 saturated heterocycles. The van der Waals surface area contributed by atoms with E-state index in [9.17, 15) is 9.59 Å². The van der Waals surface area contributed by atoms with Gasteiger partial charge in [0.1, 0.15) is 0 Å². The van der Waals surface area contributed by atoms with Crippen molar-refractivity contribution in [1.29, 1.82) is 0 Å². The lowest BCUT2D eigenvalue weighted by molar-refractivity contribution is 0.0693. The minimum absolute atomic E-state index is 0.0705. The Labute approximate surface area is 164 Å². The van der Waals surface area contributed by atoms with E-state index in [0.29, 0.717) is 18.0 Å². The summed E-state index contributed by atoms with van der Waals surface area (Å²) >= 11 is 0. The van der Waals surface area contributed by atoms with Gasteiger partial charge in [0.25, 0.3) is 5.91 Å². The minimum Gasteiger partial charge on any atom is -0.478 e. The Bertz CT molecular complexity index is 837. The van der Waals surface area contributed by atoms with E-state index in [-0.39, 0.29) is 11.8 Å². The summed E-state index contributed by atoms with van der Waals surface area (Å²) in [6.45, 7) is 1.43. The molecule has 2 aromatic rings. The van der Waals surface area contributed by atoms with Gasteiger partial charge in [0.05, 0.1) is 23.0 Å². The highest BCUT2D eigenvalue weighted by atomic mass is 16.4. The van der Waals surface area contributed by atoms with Gasteiger partial charge in [-0.25, -0.2) is 4.79 Å². The monoisotopic (exact) mass is 381 g/mol. The fraction of sp³-hybridized carbons (Fsp3) is 0.500. The molecule has 1 aliphatic carbocycles. The van der Waals surface area contributed by atoms with Crippen molar-refractivity contribution in [2.45, 2.75) is 56.8 Å². The number of piperidine rings is 1. The van der Waals surface area contributed by atoms with Crippen LogP contribution in [0.25, 0.3) is 0 Å². The standard InChI is InChI=1S/C22H27N3O3/c26-21(19-13-23-24-20(19)16-5-2-1-3-6-16)25-12-4-7-18(14-25)15-8-10-17(11-9-15)22(27)28/h8-11,13,16,18H,1-7,12,14H2,(H,23,24)(H,27,28). The number of carboxylic acid groups (broad SMARTS) is 1. The lowest BCUT2D eigenvalue weighted by Gasteiger charge is -2.33. The zero-order valence-corrected chi connectivity index (χ0v) is 16.1. The third kappa shape index (κ3) is 3.81. The average molecular weight is 381 g/mol. The molecule has 0 bridgehead atoms. The van der Waals surface area contributed by atoms with E-state index in [4.69, 9.17) is 5.11 Å². The minimum atomic E-state index is -0.915. The average Bonchev–Trinajstić information content (AvgIpc) is 3.24. The van der Waals surface area contributed by atoms with Crippen LogP contribution in [0.3, 0.4) is 0 Å². The lowest BCUT2D eigenvalue weighted by Crippen LogP contribution is -2.39. The first-order valence-electron chi connectivity index (χ1n) is 10.3. The van der Waals surface area contributed by atoms with Crippen LogP contribution in [-0.2, 0) is 0 Å². The molecule has 1 aliphatic heterocycles. The molecule has 1 atom stereocenters. The molecule has 4 rings (SSSR count). The first-order chi connectivity index (χ1) is 13.6. The molecule has 0 radical (unpaired) electrons. The number of amides is 1. The fourth-order valence-electron chi connectivity index (χ4n) is 4.67. The predicted octanol–water partition coefficient (Wildman–Crippen LogP) is 4.18. The van der Waals surface area contributed by atoms with Crippen molar-refractivity contribution in [3.8, 4) is 0 Å². The van der Waals surface area contributed by atoms with Crippen molar-refractivity contribution in [2.24, 2.45) is 0 Å². The first-order valence-corrected chi connectivity index (χ1v) is 10.3. The number of aromatic amines is 1. The maximum Gasteiger partial charge on any atom is 0.335 e. The van der Waals surface area contributed by atoms with Crippen LogP contribution in [0.1, 0.15) is 88.8 Å². The SMILES string of the molecule is O=C(O)c1ccc(C2CCCN(C(=O)c3cn[nH]c3C3CCCCC3)C2)cc1. The van der Waals surface area contributed by atoms with Crippen LogP contribution in [0.4, 0.5) is 0 Å². The van der Waals surface area contributed by atoms with E-state index in [0.717, 1.165) is 49.0 Å². The van der Waals surface area contributed by atoms with E-state index in [1.165, 1.54) is 19.3 Å². The van der Waals surface area contributed by atoms with Crippen molar-refractivity contribution in [2.75, 3.05) is 13.1 Å². The summed E-state index contributed by atoms with van der Waals surface area (Å²) in [6.07, 6.45) is 9.62. The van der Waals surface area contributed by atoms with Crippen molar-refractivity contribution in [3.63, 3.8) is 0 Å². The molecule has 2 fully saturated rings. The number of hydrogen-bond donors (Lipinski definition) is 2. The molecule has 2 N–H and O–H groups in total. The molecular weight excluding hydrogens is 354 g/mol. The molecule has 6 heteroatoms. The van der Waals surface area contributed by atoms with Crippen LogP contribution in [0.5, 0.6) is 0 Å². The normalized spacial score (nSPS) is 20.9. The van der Waals surface area contributed by atoms with Gasteiger partial charge in [-0.1, -0.05) is 31.4 Å². The molecule has 0 spiro atoms. The van der Waals surface area contributed by atoms with Crippen LogP contribution in [0.2, 0.25) is 0 Å². The zero-order valence-electron chi connectivity index (χ0n) is 16.1. The molecule has 1 aromatic carbocycles. The van der Waals surface area contributed by atoms with Gasteiger partial charge in [-0.2, -0.15) is 5.10 Å². The molecule has 2 heterocycles. The second-order valence-corrected chi connectivity index (χ2v) is 8.05. The number of benzene rings is 1. The Morgan fingerprint density at radius 3 is 2.43 bits per heavy atom. The number of carbonyl (C=O) groups is 2. The quantitative estimate of drug-likeness (QED) is 0.832. The molecule has 1 aromatic heterocycles. The number of rotatable bonds is 4. The second-order valence-electron chi connectivity index (χ2n) is 8.05. The number of nitrogens with zero attached hydrogens (tertiary/aromatic N) is 2. The van der Waals surface area contributed by atoms with Gasteiger partial charge in [-0.3, -0.25) is 9.89 Å². The van der Waals surface area contributed by atoms with E-state index in [2.05, 4.69) is 10.2 Å². The fourth-order valence-corrected chi connectivity index (χ4v) is 4.67. The highest BCUT2D eigenvalue weighted by molar-refractivity contribution is 5.95. The topological polar surface area (TPSA) is 86.3 Å². The van der Waals surface area contributed by atoms with Gasteiger partial charge in [0.15, 0.2) is 0 Å². The van der Waals surface area contributed by atoms with E-state index in [1.54, 1.807) is 18.3 Å². The van der Waals surface area contributed by atoms with Crippen molar-refractivity contribution >= 4 is 11.9 Å². The van der Waals surface area contributed by atoms with Gasteiger partial charge < -0.3 is 10.0 Å². The number of hydrogen-bond acceptors (Lipinski definition) is 3. The van der Waals surface area contributed by atoms with E-state index >= 15 is 0 Å². The van der Waals surface area contributed by atoms with Gasteiger partial charge in [0.2, 0.25) is 0 Å². The predicted molar refractivity (Wildman–Crippen MR) is 106 cm³/mol. The molecule has 1 unspecified atom stereocenters. The second kappa shape index (κ2) is 8.17. The Kier molecular flexibility index (Phi) is 5.46. The van der Waals surface area contributed by atoms with Gasteiger partial charge in [-0.15, -0.1) is 0 Å². The number of aromatic carboxylic acids is 1. The summed E-state index contributed by atoms with van der Waals surface area (Å²) in [5.41, 5.74) is 3.14. The summed E-state index contributed by atoms with van der Waals surface area (Å²) in [4.78, 5) is 26.2. The Morgan fingerprint density at radius 2 is 1.71 bits per heavy atom. The Hall–Kier alpha value is -2.63. The molecule has 1 amide bonds. The zero-order chi connectivity index (χ0) is 19.5. The Balaban J connectivity index is 1.48. The number of carbonyl (C=O) groups excluding carboxylic acids is 1.